The normalized spacial score (nSPS) is 17.1. The van der Waals surface area contributed by atoms with E-state index in [9.17, 15) is 23.1 Å². The van der Waals surface area contributed by atoms with Crippen LogP contribution in [0.2, 0.25) is 0 Å². The van der Waals surface area contributed by atoms with Gasteiger partial charge in [0, 0.05) is 6.54 Å². The number of carbonyl (C=O) groups is 1. The first-order valence-corrected chi connectivity index (χ1v) is 8.58. The van der Waals surface area contributed by atoms with Crippen molar-refractivity contribution >= 4 is 5.91 Å². The Labute approximate surface area is 145 Å². The third-order valence-electron chi connectivity index (χ3n) is 4.38. The molecule has 1 amide bonds. The molecule has 1 aromatic rings. The molecule has 7 heteroatoms. The van der Waals surface area contributed by atoms with Crippen molar-refractivity contribution in [1.82, 2.24) is 5.32 Å². The summed E-state index contributed by atoms with van der Waals surface area (Å²) in [6.07, 6.45) is 0.717. The van der Waals surface area contributed by atoms with Crippen molar-refractivity contribution in [1.29, 1.82) is 0 Å². The second kappa shape index (κ2) is 8.56. The highest BCUT2D eigenvalue weighted by atomic mass is 19.4. The monoisotopic (exact) mass is 359 g/mol. The number of ether oxygens (including phenoxy) is 1. The third kappa shape index (κ3) is 6.57. The smallest absolute Gasteiger partial charge is 0.471 e. The van der Waals surface area contributed by atoms with Gasteiger partial charge in [-0.1, -0.05) is 31.4 Å². The van der Waals surface area contributed by atoms with Gasteiger partial charge in [-0.05, 0) is 43.4 Å². The standard InChI is InChI=1S/C18H24F3NO3/c19-18(20,21)16(23)22-11-5-7-14-6-4-8-15(12-14)25-13-17(24)9-2-1-3-10-17/h4,6,8,12,24H,1-3,5,7,9-11,13H2,(H,22,23). The molecule has 0 bridgehead atoms. The van der Waals surface area contributed by atoms with Gasteiger partial charge in [0.1, 0.15) is 12.4 Å². The van der Waals surface area contributed by atoms with Crippen LogP contribution in [-0.4, -0.2) is 35.9 Å². The molecule has 140 valence electrons. The topological polar surface area (TPSA) is 58.6 Å². The molecule has 1 aliphatic carbocycles. The predicted molar refractivity (Wildman–Crippen MR) is 87.4 cm³/mol. The van der Waals surface area contributed by atoms with Crippen molar-refractivity contribution in [2.75, 3.05) is 13.2 Å². The lowest BCUT2D eigenvalue weighted by Crippen LogP contribution is -2.37. The Hall–Kier alpha value is -1.76. The van der Waals surface area contributed by atoms with Gasteiger partial charge in [0.25, 0.3) is 0 Å². The Balaban J connectivity index is 1.76. The maximum Gasteiger partial charge on any atom is 0.471 e. The lowest BCUT2D eigenvalue weighted by atomic mass is 9.85. The van der Waals surface area contributed by atoms with E-state index in [0.717, 1.165) is 37.7 Å². The minimum atomic E-state index is -4.84. The lowest BCUT2D eigenvalue weighted by Gasteiger charge is -2.31. The van der Waals surface area contributed by atoms with Crippen LogP contribution in [0.3, 0.4) is 0 Å². The summed E-state index contributed by atoms with van der Waals surface area (Å²) in [5.74, 6) is -1.28. The number of benzene rings is 1. The van der Waals surface area contributed by atoms with E-state index in [-0.39, 0.29) is 13.2 Å². The molecule has 0 atom stereocenters. The first-order valence-electron chi connectivity index (χ1n) is 8.58. The van der Waals surface area contributed by atoms with E-state index in [0.29, 0.717) is 18.6 Å². The number of aryl methyl sites for hydroxylation is 1. The van der Waals surface area contributed by atoms with Gasteiger partial charge in [0.2, 0.25) is 0 Å². The molecule has 0 aliphatic heterocycles. The zero-order valence-electron chi connectivity index (χ0n) is 14.1. The van der Waals surface area contributed by atoms with E-state index in [1.807, 2.05) is 23.5 Å². The molecule has 1 aromatic carbocycles. The SMILES string of the molecule is O=C(NCCCc1cccc(OCC2(O)CCCCC2)c1)C(F)(F)F. The molecule has 0 unspecified atom stereocenters. The molecular weight excluding hydrogens is 335 g/mol. The number of halogens is 3. The number of alkyl halides is 3. The van der Waals surface area contributed by atoms with E-state index < -0.39 is 17.7 Å². The fourth-order valence-corrected chi connectivity index (χ4v) is 2.96. The minimum absolute atomic E-state index is 0.0385. The molecular formula is C18H24F3NO3. The fourth-order valence-electron chi connectivity index (χ4n) is 2.96. The van der Waals surface area contributed by atoms with Crippen LogP contribution in [0.4, 0.5) is 13.2 Å². The Morgan fingerprint density at radius 1 is 1.24 bits per heavy atom. The summed E-state index contributed by atoms with van der Waals surface area (Å²) in [5, 5.41) is 12.3. The van der Waals surface area contributed by atoms with Crippen LogP contribution in [0.15, 0.2) is 24.3 Å². The van der Waals surface area contributed by atoms with E-state index >= 15 is 0 Å². The van der Waals surface area contributed by atoms with Crippen molar-refractivity contribution in [2.24, 2.45) is 0 Å². The van der Waals surface area contributed by atoms with Crippen LogP contribution < -0.4 is 10.1 Å². The summed E-state index contributed by atoms with van der Waals surface area (Å²) in [6.45, 7) is 0.210. The van der Waals surface area contributed by atoms with E-state index in [1.165, 1.54) is 0 Å². The van der Waals surface area contributed by atoms with Crippen LogP contribution in [0, 0.1) is 0 Å². The first-order chi connectivity index (χ1) is 11.8. The van der Waals surface area contributed by atoms with Gasteiger partial charge in [0.05, 0.1) is 5.60 Å². The summed E-state index contributed by atoms with van der Waals surface area (Å²) >= 11 is 0. The second-order valence-corrected chi connectivity index (χ2v) is 6.58. The van der Waals surface area contributed by atoms with Gasteiger partial charge < -0.3 is 15.2 Å². The third-order valence-corrected chi connectivity index (χ3v) is 4.38. The van der Waals surface area contributed by atoms with Crippen LogP contribution in [-0.2, 0) is 11.2 Å². The molecule has 2 N–H and O–H groups in total. The largest absolute Gasteiger partial charge is 0.491 e. The maximum absolute atomic E-state index is 12.1. The molecule has 0 heterocycles. The molecule has 2 rings (SSSR count). The number of nitrogens with one attached hydrogen (secondary N) is 1. The minimum Gasteiger partial charge on any atom is -0.491 e. The molecule has 0 spiro atoms. The summed E-state index contributed by atoms with van der Waals surface area (Å²) in [5.41, 5.74) is 0.144. The molecule has 0 aromatic heterocycles. The highest BCUT2D eigenvalue weighted by Crippen LogP contribution is 2.29. The van der Waals surface area contributed by atoms with Crippen molar-refractivity contribution in [3.8, 4) is 5.75 Å². The maximum atomic E-state index is 12.1. The molecule has 1 saturated carbocycles. The predicted octanol–water partition coefficient (Wildman–Crippen LogP) is 3.37. The lowest BCUT2D eigenvalue weighted by molar-refractivity contribution is -0.173. The van der Waals surface area contributed by atoms with Gasteiger partial charge in [-0.25, -0.2) is 0 Å². The van der Waals surface area contributed by atoms with E-state index in [4.69, 9.17) is 4.74 Å². The molecule has 1 fully saturated rings. The average molecular weight is 359 g/mol. The Bertz CT molecular complexity index is 569. The Kier molecular flexibility index (Phi) is 6.70. The van der Waals surface area contributed by atoms with Crippen molar-refractivity contribution in [2.45, 2.75) is 56.7 Å². The summed E-state index contributed by atoms with van der Waals surface area (Å²) in [6, 6.07) is 7.27. The highest BCUT2D eigenvalue weighted by Gasteiger charge is 2.38. The second-order valence-electron chi connectivity index (χ2n) is 6.58. The number of rotatable bonds is 7. The quantitative estimate of drug-likeness (QED) is 0.734. The van der Waals surface area contributed by atoms with Gasteiger partial charge in [-0.3, -0.25) is 4.79 Å². The molecule has 4 nitrogen and oxygen atoms in total. The van der Waals surface area contributed by atoms with Gasteiger partial charge in [-0.2, -0.15) is 13.2 Å². The van der Waals surface area contributed by atoms with Crippen LogP contribution in [0.25, 0.3) is 0 Å². The van der Waals surface area contributed by atoms with Gasteiger partial charge in [0.15, 0.2) is 0 Å². The molecule has 25 heavy (non-hydrogen) atoms. The zero-order chi connectivity index (χ0) is 18.3. The number of carbonyl (C=O) groups excluding carboxylic acids is 1. The van der Waals surface area contributed by atoms with Gasteiger partial charge >= 0.3 is 12.1 Å². The summed E-state index contributed by atoms with van der Waals surface area (Å²) in [7, 11) is 0. The van der Waals surface area contributed by atoms with Gasteiger partial charge in [-0.15, -0.1) is 0 Å². The molecule has 0 radical (unpaired) electrons. The highest BCUT2D eigenvalue weighted by molar-refractivity contribution is 5.81. The molecule has 0 saturated heterocycles. The number of hydrogen-bond acceptors (Lipinski definition) is 3. The Morgan fingerprint density at radius 3 is 2.64 bits per heavy atom. The Morgan fingerprint density at radius 2 is 1.96 bits per heavy atom. The number of amides is 1. The fraction of sp³-hybridized carbons (Fsp3) is 0.611. The van der Waals surface area contributed by atoms with Crippen molar-refractivity contribution in [3.05, 3.63) is 29.8 Å². The zero-order valence-corrected chi connectivity index (χ0v) is 14.1. The van der Waals surface area contributed by atoms with Crippen LogP contribution in [0.5, 0.6) is 5.75 Å². The summed E-state index contributed by atoms with van der Waals surface area (Å²) in [4.78, 5) is 10.7. The number of aliphatic hydroxyl groups is 1. The average Bonchev–Trinajstić information content (AvgIpc) is 2.57. The first kappa shape index (κ1) is 19.6. The number of hydrogen-bond donors (Lipinski definition) is 2. The molecule has 1 aliphatic rings. The van der Waals surface area contributed by atoms with Crippen LogP contribution in [0.1, 0.15) is 44.1 Å². The van der Waals surface area contributed by atoms with Crippen molar-refractivity contribution < 1.29 is 27.8 Å². The van der Waals surface area contributed by atoms with E-state index in [1.54, 1.807) is 6.07 Å². The summed E-state index contributed by atoms with van der Waals surface area (Å²) < 4.78 is 41.9. The van der Waals surface area contributed by atoms with Crippen molar-refractivity contribution in [3.63, 3.8) is 0 Å². The van der Waals surface area contributed by atoms with Crippen LogP contribution >= 0.6 is 0 Å². The van der Waals surface area contributed by atoms with E-state index in [2.05, 4.69) is 0 Å².